The van der Waals surface area contributed by atoms with Gasteiger partial charge < -0.3 is 9.52 Å². The van der Waals surface area contributed by atoms with Crippen LogP contribution < -0.4 is 4.90 Å². The average molecular weight is 273 g/mol. The fourth-order valence-corrected chi connectivity index (χ4v) is 1.82. The van der Waals surface area contributed by atoms with Crippen molar-refractivity contribution in [1.29, 1.82) is 0 Å². The zero-order chi connectivity index (χ0) is 14.7. The van der Waals surface area contributed by atoms with E-state index in [1.165, 1.54) is 4.90 Å². The molecular formula is C15H15NO4. The van der Waals surface area contributed by atoms with E-state index in [-0.39, 0.29) is 5.76 Å². The van der Waals surface area contributed by atoms with Crippen LogP contribution in [0.1, 0.15) is 21.9 Å². The number of carboxylic acids is 1. The van der Waals surface area contributed by atoms with Gasteiger partial charge in [0.2, 0.25) is 0 Å². The highest BCUT2D eigenvalue weighted by Gasteiger charge is 2.22. The predicted octanol–water partition coefficient (Wildman–Crippen LogP) is 2.63. The first-order valence-corrected chi connectivity index (χ1v) is 6.14. The van der Waals surface area contributed by atoms with Crippen LogP contribution in [0.3, 0.4) is 0 Å². The van der Waals surface area contributed by atoms with Crippen LogP contribution in [0.4, 0.5) is 5.69 Å². The Kier molecular flexibility index (Phi) is 3.89. The molecule has 20 heavy (non-hydrogen) atoms. The highest BCUT2D eigenvalue weighted by atomic mass is 16.4. The molecule has 0 saturated heterocycles. The van der Waals surface area contributed by atoms with Crippen LogP contribution in [0.5, 0.6) is 0 Å². The third kappa shape index (κ3) is 3.06. The Morgan fingerprint density at radius 1 is 1.10 bits per heavy atom. The van der Waals surface area contributed by atoms with Gasteiger partial charge in [0.25, 0.3) is 5.91 Å². The molecule has 0 atom stereocenters. The van der Waals surface area contributed by atoms with Gasteiger partial charge in [0.15, 0.2) is 5.76 Å². The van der Waals surface area contributed by atoms with Crippen LogP contribution in [-0.2, 0) is 4.79 Å². The molecule has 0 aliphatic rings. The maximum Gasteiger partial charge on any atom is 0.323 e. The summed E-state index contributed by atoms with van der Waals surface area (Å²) in [6, 6.07) is 10.3. The predicted molar refractivity (Wildman–Crippen MR) is 73.9 cm³/mol. The molecule has 0 aliphatic carbocycles. The Morgan fingerprint density at radius 2 is 1.75 bits per heavy atom. The molecule has 5 heteroatoms. The molecule has 1 heterocycles. The van der Waals surface area contributed by atoms with Gasteiger partial charge in [0.05, 0.1) is 0 Å². The zero-order valence-electron chi connectivity index (χ0n) is 11.3. The van der Waals surface area contributed by atoms with Gasteiger partial charge in [-0.25, -0.2) is 0 Å². The molecule has 0 bridgehead atoms. The van der Waals surface area contributed by atoms with Crippen molar-refractivity contribution in [3.63, 3.8) is 0 Å². The van der Waals surface area contributed by atoms with Crippen LogP contribution in [0.15, 0.2) is 40.8 Å². The molecule has 0 unspecified atom stereocenters. The highest BCUT2D eigenvalue weighted by Crippen LogP contribution is 2.19. The van der Waals surface area contributed by atoms with E-state index in [4.69, 9.17) is 9.52 Å². The first-order chi connectivity index (χ1) is 9.47. The number of nitrogens with zero attached hydrogens (tertiary/aromatic N) is 1. The van der Waals surface area contributed by atoms with Gasteiger partial charge in [-0.3, -0.25) is 14.5 Å². The van der Waals surface area contributed by atoms with E-state index in [2.05, 4.69) is 0 Å². The maximum absolute atomic E-state index is 12.3. The Bertz CT molecular complexity index is 628. The lowest BCUT2D eigenvalue weighted by atomic mass is 10.2. The van der Waals surface area contributed by atoms with Gasteiger partial charge in [0, 0.05) is 5.69 Å². The Hall–Kier alpha value is -2.56. The summed E-state index contributed by atoms with van der Waals surface area (Å²) >= 11 is 0. The summed E-state index contributed by atoms with van der Waals surface area (Å²) in [6.07, 6.45) is 0. The van der Waals surface area contributed by atoms with Crippen molar-refractivity contribution in [1.82, 2.24) is 0 Å². The van der Waals surface area contributed by atoms with Crippen molar-refractivity contribution in [2.75, 3.05) is 11.4 Å². The number of hydrogen-bond acceptors (Lipinski definition) is 3. The highest BCUT2D eigenvalue weighted by molar-refractivity contribution is 6.06. The van der Waals surface area contributed by atoms with Crippen LogP contribution in [0.2, 0.25) is 0 Å². The van der Waals surface area contributed by atoms with Crippen molar-refractivity contribution in [2.24, 2.45) is 0 Å². The second kappa shape index (κ2) is 5.61. The first-order valence-electron chi connectivity index (χ1n) is 6.14. The van der Waals surface area contributed by atoms with Crippen molar-refractivity contribution in [3.8, 4) is 0 Å². The van der Waals surface area contributed by atoms with Crippen molar-refractivity contribution in [2.45, 2.75) is 13.8 Å². The van der Waals surface area contributed by atoms with E-state index < -0.39 is 18.4 Å². The fraction of sp³-hybridized carbons (Fsp3) is 0.200. The standard InChI is InChI=1S/C15H15NO4/c1-10-3-6-12(7-4-10)16(9-14(17)18)15(19)13-8-5-11(2)20-13/h3-8H,9H2,1-2H3,(H,17,18). The van der Waals surface area contributed by atoms with Gasteiger partial charge in [-0.05, 0) is 38.1 Å². The van der Waals surface area contributed by atoms with Crippen molar-refractivity contribution >= 4 is 17.6 Å². The topological polar surface area (TPSA) is 70.8 Å². The van der Waals surface area contributed by atoms with Crippen LogP contribution in [0, 0.1) is 13.8 Å². The number of aliphatic carboxylic acids is 1. The summed E-state index contributed by atoms with van der Waals surface area (Å²) in [4.78, 5) is 24.5. The lowest BCUT2D eigenvalue weighted by molar-refractivity contribution is -0.135. The van der Waals surface area contributed by atoms with Crippen molar-refractivity contribution < 1.29 is 19.1 Å². The smallest absolute Gasteiger partial charge is 0.323 e. The lowest BCUT2D eigenvalue weighted by Gasteiger charge is -2.19. The Labute approximate surface area is 116 Å². The summed E-state index contributed by atoms with van der Waals surface area (Å²) in [5.74, 6) is -0.816. The monoisotopic (exact) mass is 273 g/mol. The minimum atomic E-state index is -1.08. The van der Waals surface area contributed by atoms with Gasteiger partial charge in [-0.15, -0.1) is 0 Å². The number of carbonyl (C=O) groups excluding carboxylic acids is 1. The minimum Gasteiger partial charge on any atom is -0.480 e. The van der Waals surface area contributed by atoms with Gasteiger partial charge in [-0.1, -0.05) is 17.7 Å². The molecule has 0 saturated carbocycles. The average Bonchev–Trinajstić information content (AvgIpc) is 2.83. The van der Waals surface area contributed by atoms with E-state index in [0.29, 0.717) is 11.4 Å². The van der Waals surface area contributed by atoms with Crippen LogP contribution in [-0.4, -0.2) is 23.5 Å². The fourth-order valence-electron chi connectivity index (χ4n) is 1.82. The third-order valence-corrected chi connectivity index (χ3v) is 2.84. The second-order valence-electron chi connectivity index (χ2n) is 4.53. The molecule has 104 valence electrons. The molecule has 1 N–H and O–H groups in total. The van der Waals surface area contributed by atoms with Gasteiger partial charge >= 0.3 is 5.97 Å². The van der Waals surface area contributed by atoms with Gasteiger partial charge in [-0.2, -0.15) is 0 Å². The summed E-state index contributed by atoms with van der Waals surface area (Å²) in [7, 11) is 0. The number of amides is 1. The molecule has 1 amide bonds. The number of benzene rings is 1. The van der Waals surface area contributed by atoms with E-state index in [9.17, 15) is 9.59 Å². The number of furan rings is 1. The number of rotatable bonds is 4. The SMILES string of the molecule is Cc1ccc(N(CC(=O)O)C(=O)c2ccc(C)o2)cc1. The quantitative estimate of drug-likeness (QED) is 0.929. The number of aryl methyl sites for hydroxylation is 2. The summed E-state index contributed by atoms with van der Waals surface area (Å²) in [6.45, 7) is 3.23. The van der Waals surface area contributed by atoms with E-state index in [0.717, 1.165) is 5.56 Å². The number of anilines is 1. The maximum atomic E-state index is 12.3. The number of carbonyl (C=O) groups is 2. The minimum absolute atomic E-state index is 0.129. The third-order valence-electron chi connectivity index (χ3n) is 2.84. The van der Waals surface area contributed by atoms with E-state index in [1.807, 2.05) is 19.1 Å². The normalized spacial score (nSPS) is 10.3. The molecule has 2 aromatic rings. The Balaban J connectivity index is 2.34. The molecule has 0 aliphatic heterocycles. The molecule has 2 rings (SSSR count). The molecule has 0 radical (unpaired) electrons. The molecular weight excluding hydrogens is 258 g/mol. The Morgan fingerprint density at radius 3 is 2.25 bits per heavy atom. The molecule has 0 fully saturated rings. The largest absolute Gasteiger partial charge is 0.480 e. The van der Waals surface area contributed by atoms with Crippen LogP contribution >= 0.6 is 0 Å². The molecule has 0 spiro atoms. The molecule has 5 nitrogen and oxygen atoms in total. The lowest BCUT2D eigenvalue weighted by Crippen LogP contribution is -2.35. The van der Waals surface area contributed by atoms with E-state index in [1.54, 1.807) is 31.2 Å². The second-order valence-corrected chi connectivity index (χ2v) is 4.53. The van der Waals surface area contributed by atoms with Crippen LogP contribution in [0.25, 0.3) is 0 Å². The molecule has 1 aromatic carbocycles. The zero-order valence-corrected chi connectivity index (χ0v) is 11.3. The molecule has 1 aromatic heterocycles. The van der Waals surface area contributed by atoms with E-state index >= 15 is 0 Å². The summed E-state index contributed by atoms with van der Waals surface area (Å²) in [5, 5.41) is 8.98. The summed E-state index contributed by atoms with van der Waals surface area (Å²) in [5.41, 5.74) is 1.56. The van der Waals surface area contributed by atoms with Gasteiger partial charge in [0.1, 0.15) is 12.3 Å². The summed E-state index contributed by atoms with van der Waals surface area (Å²) < 4.78 is 5.27. The van der Waals surface area contributed by atoms with Crippen molar-refractivity contribution in [3.05, 3.63) is 53.5 Å². The number of carboxylic acid groups (broad SMARTS) is 1. The first kappa shape index (κ1) is 13.9. The number of hydrogen-bond donors (Lipinski definition) is 1.